The number of hydrogen-bond donors (Lipinski definition) is 2. The number of benzene rings is 1. The normalized spacial score (nSPS) is 12.1. The fraction of sp³-hybridized carbons (Fsp3) is 0.417. The van der Waals surface area contributed by atoms with E-state index in [1.807, 2.05) is 30.3 Å². The van der Waals surface area contributed by atoms with Gasteiger partial charge in [-0.25, -0.2) is 0 Å². The molecule has 0 heterocycles. The number of aliphatic hydroxyl groups excluding tert-OH is 1. The van der Waals surface area contributed by atoms with Crippen LogP contribution in [-0.4, -0.2) is 30.3 Å². The lowest BCUT2D eigenvalue weighted by Crippen LogP contribution is -2.33. The third-order valence-electron chi connectivity index (χ3n) is 2.22. The van der Waals surface area contributed by atoms with Crippen molar-refractivity contribution in [2.24, 2.45) is 5.73 Å². The Morgan fingerprint density at radius 3 is 2.69 bits per heavy atom. The van der Waals surface area contributed by atoms with Gasteiger partial charge in [0.15, 0.2) is 0 Å². The first-order valence-corrected chi connectivity index (χ1v) is 5.31. The van der Waals surface area contributed by atoms with E-state index in [0.29, 0.717) is 13.0 Å². The second-order valence-electron chi connectivity index (χ2n) is 3.52. The summed E-state index contributed by atoms with van der Waals surface area (Å²) in [6, 6.07) is 9.04. The summed E-state index contributed by atoms with van der Waals surface area (Å²) in [5, 5.41) is 8.60. The molecule has 0 fully saturated rings. The van der Waals surface area contributed by atoms with Crippen LogP contribution < -0.4 is 5.73 Å². The van der Waals surface area contributed by atoms with Gasteiger partial charge in [-0.3, -0.25) is 4.79 Å². The Morgan fingerprint density at radius 2 is 2.06 bits per heavy atom. The number of carbonyl (C=O) groups is 1. The van der Waals surface area contributed by atoms with Crippen LogP contribution in [0.25, 0.3) is 0 Å². The topological polar surface area (TPSA) is 72.5 Å². The van der Waals surface area contributed by atoms with E-state index in [-0.39, 0.29) is 13.0 Å². The molecule has 88 valence electrons. The highest BCUT2D eigenvalue weighted by Gasteiger charge is 2.13. The van der Waals surface area contributed by atoms with Gasteiger partial charge in [0.05, 0.1) is 6.61 Å². The zero-order chi connectivity index (χ0) is 11.8. The average Bonchev–Trinajstić information content (AvgIpc) is 2.30. The molecule has 0 aliphatic rings. The molecule has 0 aromatic heterocycles. The first kappa shape index (κ1) is 12.7. The molecule has 0 aliphatic carbocycles. The molecule has 1 aromatic carbocycles. The third kappa shape index (κ3) is 4.42. The van der Waals surface area contributed by atoms with E-state index in [1.54, 1.807) is 0 Å². The zero-order valence-corrected chi connectivity index (χ0v) is 9.13. The summed E-state index contributed by atoms with van der Waals surface area (Å²) in [6.07, 6.45) is 0.919. The second kappa shape index (κ2) is 6.98. The first-order valence-electron chi connectivity index (χ1n) is 5.31. The molecule has 16 heavy (non-hydrogen) atoms. The van der Waals surface area contributed by atoms with Crippen molar-refractivity contribution >= 4 is 5.97 Å². The van der Waals surface area contributed by atoms with E-state index < -0.39 is 12.0 Å². The molecule has 0 saturated carbocycles. The van der Waals surface area contributed by atoms with Crippen molar-refractivity contribution in [3.8, 4) is 0 Å². The number of esters is 1. The minimum atomic E-state index is -0.722. The van der Waals surface area contributed by atoms with Crippen LogP contribution in [0.1, 0.15) is 12.0 Å². The molecule has 1 atom stereocenters. The molecule has 0 spiro atoms. The molecule has 3 N–H and O–H groups in total. The van der Waals surface area contributed by atoms with Crippen molar-refractivity contribution in [2.45, 2.75) is 18.9 Å². The van der Waals surface area contributed by atoms with Crippen LogP contribution >= 0.6 is 0 Å². The summed E-state index contributed by atoms with van der Waals surface area (Å²) in [7, 11) is 0. The van der Waals surface area contributed by atoms with Gasteiger partial charge in [0.2, 0.25) is 0 Å². The molecule has 1 aromatic rings. The molecule has 1 unspecified atom stereocenters. The summed E-state index contributed by atoms with van der Waals surface area (Å²) in [5.74, 6) is -0.454. The molecule has 0 amide bonds. The highest BCUT2D eigenvalue weighted by Crippen LogP contribution is 2.00. The fourth-order valence-corrected chi connectivity index (χ4v) is 1.28. The predicted octanol–water partition coefficient (Wildman–Crippen LogP) is 0.482. The van der Waals surface area contributed by atoms with Crippen LogP contribution in [0.5, 0.6) is 0 Å². The summed E-state index contributed by atoms with van der Waals surface area (Å²) in [6.45, 7) is 0.219. The Balaban J connectivity index is 2.23. The van der Waals surface area contributed by atoms with E-state index >= 15 is 0 Å². The van der Waals surface area contributed by atoms with Crippen LogP contribution in [0.4, 0.5) is 0 Å². The van der Waals surface area contributed by atoms with Gasteiger partial charge in [0.25, 0.3) is 0 Å². The lowest BCUT2D eigenvalue weighted by molar-refractivity contribution is -0.145. The maximum Gasteiger partial charge on any atom is 0.323 e. The van der Waals surface area contributed by atoms with Crippen molar-refractivity contribution in [1.82, 2.24) is 0 Å². The predicted molar refractivity (Wildman–Crippen MR) is 60.8 cm³/mol. The van der Waals surface area contributed by atoms with E-state index in [2.05, 4.69) is 0 Å². The first-order chi connectivity index (χ1) is 7.74. The molecule has 4 nitrogen and oxygen atoms in total. The van der Waals surface area contributed by atoms with Gasteiger partial charge in [-0.15, -0.1) is 0 Å². The Kier molecular flexibility index (Phi) is 5.53. The number of carbonyl (C=O) groups excluding carboxylic acids is 1. The minimum absolute atomic E-state index is 0.102. The Bertz CT molecular complexity index is 313. The van der Waals surface area contributed by atoms with Gasteiger partial charge < -0.3 is 15.6 Å². The van der Waals surface area contributed by atoms with Crippen LogP contribution in [-0.2, 0) is 16.0 Å². The van der Waals surface area contributed by atoms with E-state index in [1.165, 1.54) is 0 Å². The summed E-state index contributed by atoms with van der Waals surface area (Å²) < 4.78 is 4.99. The summed E-state index contributed by atoms with van der Waals surface area (Å²) in [5.41, 5.74) is 6.59. The Labute approximate surface area is 95.0 Å². The molecular weight excluding hydrogens is 206 g/mol. The number of ether oxygens (including phenoxy) is 1. The monoisotopic (exact) mass is 223 g/mol. The van der Waals surface area contributed by atoms with Crippen molar-refractivity contribution in [3.63, 3.8) is 0 Å². The van der Waals surface area contributed by atoms with Crippen molar-refractivity contribution in [1.29, 1.82) is 0 Å². The van der Waals surface area contributed by atoms with Gasteiger partial charge in [-0.05, 0) is 12.0 Å². The van der Waals surface area contributed by atoms with Gasteiger partial charge in [0.1, 0.15) is 6.04 Å². The van der Waals surface area contributed by atoms with Gasteiger partial charge in [-0.2, -0.15) is 0 Å². The Morgan fingerprint density at radius 1 is 1.38 bits per heavy atom. The van der Waals surface area contributed by atoms with Crippen molar-refractivity contribution in [2.75, 3.05) is 13.2 Å². The molecule has 0 aliphatic heterocycles. The second-order valence-corrected chi connectivity index (χ2v) is 3.52. The van der Waals surface area contributed by atoms with Crippen LogP contribution in [0.2, 0.25) is 0 Å². The lowest BCUT2D eigenvalue weighted by Gasteiger charge is -2.09. The third-order valence-corrected chi connectivity index (χ3v) is 2.22. The maximum absolute atomic E-state index is 11.3. The van der Waals surface area contributed by atoms with E-state index in [4.69, 9.17) is 15.6 Å². The molecule has 4 heteroatoms. The van der Waals surface area contributed by atoms with Crippen molar-refractivity contribution < 1.29 is 14.6 Å². The van der Waals surface area contributed by atoms with Crippen LogP contribution in [0.3, 0.4) is 0 Å². The van der Waals surface area contributed by atoms with Gasteiger partial charge in [-0.1, -0.05) is 30.3 Å². The average molecular weight is 223 g/mol. The quantitative estimate of drug-likeness (QED) is 0.688. The number of rotatable bonds is 6. The summed E-state index contributed by atoms with van der Waals surface area (Å²) in [4.78, 5) is 11.3. The highest BCUT2D eigenvalue weighted by atomic mass is 16.5. The maximum atomic E-state index is 11.3. The zero-order valence-electron chi connectivity index (χ0n) is 9.13. The highest BCUT2D eigenvalue weighted by molar-refractivity contribution is 5.75. The molecular formula is C12H17NO3. The van der Waals surface area contributed by atoms with E-state index in [0.717, 1.165) is 5.56 Å². The molecule has 1 rings (SSSR count). The van der Waals surface area contributed by atoms with Crippen LogP contribution in [0, 0.1) is 0 Å². The molecule has 0 radical (unpaired) electrons. The fourth-order valence-electron chi connectivity index (χ4n) is 1.28. The number of nitrogens with two attached hydrogens (primary N) is 1. The van der Waals surface area contributed by atoms with Gasteiger partial charge >= 0.3 is 5.97 Å². The van der Waals surface area contributed by atoms with E-state index in [9.17, 15) is 4.79 Å². The van der Waals surface area contributed by atoms with Gasteiger partial charge in [0, 0.05) is 13.0 Å². The summed E-state index contributed by atoms with van der Waals surface area (Å²) >= 11 is 0. The standard InChI is InChI=1S/C12H17NO3/c13-11(6-8-14)12(15)16-9-7-10-4-2-1-3-5-10/h1-5,11,14H,6-9,13H2. The number of aliphatic hydroxyl groups is 1. The van der Waals surface area contributed by atoms with Crippen molar-refractivity contribution in [3.05, 3.63) is 35.9 Å². The Hall–Kier alpha value is -1.39. The largest absolute Gasteiger partial charge is 0.464 e. The number of hydrogen-bond acceptors (Lipinski definition) is 4. The SMILES string of the molecule is NC(CCO)C(=O)OCCc1ccccc1. The molecule has 0 bridgehead atoms. The minimum Gasteiger partial charge on any atom is -0.464 e. The molecule has 0 saturated heterocycles. The smallest absolute Gasteiger partial charge is 0.323 e. The lowest BCUT2D eigenvalue weighted by atomic mass is 10.2. The van der Waals surface area contributed by atoms with Crippen LogP contribution in [0.15, 0.2) is 30.3 Å².